The van der Waals surface area contributed by atoms with Gasteiger partial charge in [-0.15, -0.1) is 0 Å². The minimum Gasteiger partial charge on any atom is -0.368 e. The summed E-state index contributed by atoms with van der Waals surface area (Å²) in [4.78, 5) is 8.08. The molecule has 5 heteroatoms. The van der Waals surface area contributed by atoms with Crippen molar-refractivity contribution in [3.63, 3.8) is 0 Å². The van der Waals surface area contributed by atoms with Crippen LogP contribution in [0.3, 0.4) is 0 Å². The normalized spacial score (nSPS) is 18.7. The molecule has 0 atom stereocenters. The highest BCUT2D eigenvalue weighted by molar-refractivity contribution is 9.10. The second-order valence-corrected chi connectivity index (χ2v) is 5.85. The lowest BCUT2D eigenvalue weighted by Crippen LogP contribution is -2.23. The van der Waals surface area contributed by atoms with Gasteiger partial charge >= 0.3 is 0 Å². The molecule has 1 saturated carbocycles. The fourth-order valence-corrected chi connectivity index (χ4v) is 2.65. The van der Waals surface area contributed by atoms with E-state index < -0.39 is 0 Å². The molecule has 16 heavy (non-hydrogen) atoms. The first kappa shape index (κ1) is 12.1. The van der Waals surface area contributed by atoms with E-state index in [4.69, 9.17) is 11.6 Å². The van der Waals surface area contributed by atoms with Crippen LogP contribution in [0.25, 0.3) is 0 Å². The molecule has 2 rings (SSSR count). The molecule has 0 aliphatic heterocycles. The lowest BCUT2D eigenvalue weighted by Gasteiger charge is -2.24. The SMILES string of the molecule is CC1(CNc2ncnc(Cl)c2Br)CCCC1. The fourth-order valence-electron chi connectivity index (χ4n) is 2.17. The third-order valence-corrected chi connectivity index (χ3v) is 4.51. The van der Waals surface area contributed by atoms with Crippen molar-refractivity contribution < 1.29 is 0 Å². The Morgan fingerprint density at radius 1 is 1.44 bits per heavy atom. The predicted octanol–water partition coefficient (Wildman–Crippen LogP) is 3.88. The number of anilines is 1. The Labute approximate surface area is 109 Å². The van der Waals surface area contributed by atoms with Crippen LogP contribution in [0.5, 0.6) is 0 Å². The minimum atomic E-state index is 0.400. The maximum Gasteiger partial charge on any atom is 0.148 e. The Morgan fingerprint density at radius 2 is 2.12 bits per heavy atom. The molecule has 1 N–H and O–H groups in total. The molecular weight excluding hydrogens is 289 g/mol. The highest BCUT2D eigenvalue weighted by Gasteiger charge is 2.28. The van der Waals surface area contributed by atoms with Gasteiger partial charge < -0.3 is 5.32 Å². The Hall–Kier alpha value is -0.350. The zero-order valence-electron chi connectivity index (χ0n) is 9.26. The summed E-state index contributed by atoms with van der Waals surface area (Å²) < 4.78 is 0.748. The highest BCUT2D eigenvalue weighted by Crippen LogP contribution is 2.38. The molecule has 0 aromatic carbocycles. The van der Waals surface area contributed by atoms with E-state index in [1.54, 1.807) is 0 Å². The van der Waals surface area contributed by atoms with Crippen LogP contribution in [0.2, 0.25) is 5.15 Å². The molecule has 0 spiro atoms. The molecule has 0 radical (unpaired) electrons. The van der Waals surface area contributed by atoms with Gasteiger partial charge in [0.15, 0.2) is 0 Å². The molecule has 0 amide bonds. The zero-order chi connectivity index (χ0) is 11.6. The quantitative estimate of drug-likeness (QED) is 0.861. The molecule has 88 valence electrons. The molecular formula is C11H15BrClN3. The predicted molar refractivity (Wildman–Crippen MR) is 69.8 cm³/mol. The van der Waals surface area contributed by atoms with Gasteiger partial charge in [0.25, 0.3) is 0 Å². The zero-order valence-corrected chi connectivity index (χ0v) is 11.6. The molecule has 0 unspecified atom stereocenters. The van der Waals surface area contributed by atoms with Gasteiger partial charge in [0.2, 0.25) is 0 Å². The largest absolute Gasteiger partial charge is 0.368 e. The van der Waals surface area contributed by atoms with E-state index in [0.717, 1.165) is 16.8 Å². The van der Waals surface area contributed by atoms with Crippen LogP contribution in [0.4, 0.5) is 5.82 Å². The van der Waals surface area contributed by atoms with Crippen molar-refractivity contribution in [2.24, 2.45) is 5.41 Å². The Bertz CT molecular complexity index is 377. The van der Waals surface area contributed by atoms with Crippen molar-refractivity contribution in [1.82, 2.24) is 9.97 Å². The van der Waals surface area contributed by atoms with E-state index in [1.165, 1.54) is 32.0 Å². The first-order valence-electron chi connectivity index (χ1n) is 5.51. The summed E-state index contributed by atoms with van der Waals surface area (Å²) >= 11 is 9.29. The lowest BCUT2D eigenvalue weighted by atomic mass is 9.89. The van der Waals surface area contributed by atoms with E-state index in [9.17, 15) is 0 Å². The van der Waals surface area contributed by atoms with E-state index in [1.807, 2.05) is 0 Å². The molecule has 1 aliphatic rings. The summed E-state index contributed by atoms with van der Waals surface area (Å²) in [6.07, 6.45) is 6.73. The summed E-state index contributed by atoms with van der Waals surface area (Å²) in [6.45, 7) is 3.27. The van der Waals surface area contributed by atoms with Gasteiger partial charge in [0.05, 0.1) is 4.47 Å². The number of hydrogen-bond donors (Lipinski definition) is 1. The maximum atomic E-state index is 5.91. The van der Waals surface area contributed by atoms with Crippen molar-refractivity contribution in [3.05, 3.63) is 16.0 Å². The van der Waals surface area contributed by atoms with E-state index in [0.29, 0.717) is 10.6 Å². The topological polar surface area (TPSA) is 37.8 Å². The van der Waals surface area contributed by atoms with Gasteiger partial charge in [-0.2, -0.15) is 0 Å². The van der Waals surface area contributed by atoms with Gasteiger partial charge in [0, 0.05) is 6.54 Å². The van der Waals surface area contributed by atoms with Gasteiger partial charge in [-0.3, -0.25) is 0 Å². The Balaban J connectivity index is 2.02. The van der Waals surface area contributed by atoms with Crippen LogP contribution >= 0.6 is 27.5 Å². The molecule has 1 aromatic rings. The van der Waals surface area contributed by atoms with Crippen molar-refractivity contribution in [1.29, 1.82) is 0 Å². The number of nitrogens with one attached hydrogen (secondary N) is 1. The van der Waals surface area contributed by atoms with Crippen LogP contribution in [0.1, 0.15) is 32.6 Å². The molecule has 1 aliphatic carbocycles. The van der Waals surface area contributed by atoms with Crippen molar-refractivity contribution in [3.8, 4) is 0 Å². The standard InChI is InChI=1S/C11H15BrClN3/c1-11(4-2-3-5-11)6-14-10-8(12)9(13)15-7-16-10/h7H,2-6H2,1H3,(H,14,15,16). The average Bonchev–Trinajstić information content (AvgIpc) is 2.68. The second-order valence-electron chi connectivity index (χ2n) is 4.70. The Morgan fingerprint density at radius 3 is 2.81 bits per heavy atom. The van der Waals surface area contributed by atoms with Crippen LogP contribution in [-0.4, -0.2) is 16.5 Å². The van der Waals surface area contributed by atoms with Gasteiger partial charge in [-0.1, -0.05) is 31.4 Å². The van der Waals surface area contributed by atoms with Crippen LogP contribution in [-0.2, 0) is 0 Å². The van der Waals surface area contributed by atoms with Crippen LogP contribution < -0.4 is 5.32 Å². The number of nitrogens with zero attached hydrogens (tertiary/aromatic N) is 2. The lowest BCUT2D eigenvalue weighted by molar-refractivity contribution is 0.361. The monoisotopic (exact) mass is 303 g/mol. The highest BCUT2D eigenvalue weighted by atomic mass is 79.9. The van der Waals surface area contributed by atoms with E-state index >= 15 is 0 Å². The third-order valence-electron chi connectivity index (χ3n) is 3.24. The second kappa shape index (κ2) is 4.88. The Kier molecular flexibility index (Phi) is 3.70. The van der Waals surface area contributed by atoms with Crippen LogP contribution in [0, 0.1) is 5.41 Å². The molecule has 0 bridgehead atoms. The van der Waals surface area contributed by atoms with Crippen LogP contribution in [0.15, 0.2) is 10.8 Å². The molecule has 1 fully saturated rings. The number of halogens is 2. The van der Waals surface area contributed by atoms with Gasteiger partial charge in [0.1, 0.15) is 17.3 Å². The number of aromatic nitrogens is 2. The number of hydrogen-bond acceptors (Lipinski definition) is 3. The van der Waals surface area contributed by atoms with Crippen molar-refractivity contribution in [2.45, 2.75) is 32.6 Å². The summed E-state index contributed by atoms with van der Waals surface area (Å²) in [5.41, 5.74) is 0.400. The van der Waals surface area contributed by atoms with Gasteiger partial charge in [-0.05, 0) is 34.2 Å². The third kappa shape index (κ3) is 2.66. The average molecular weight is 305 g/mol. The minimum absolute atomic E-state index is 0.400. The first-order chi connectivity index (χ1) is 7.61. The maximum absolute atomic E-state index is 5.91. The number of rotatable bonds is 3. The van der Waals surface area contributed by atoms with E-state index in [-0.39, 0.29) is 0 Å². The fraction of sp³-hybridized carbons (Fsp3) is 0.636. The smallest absolute Gasteiger partial charge is 0.148 e. The molecule has 1 heterocycles. The van der Waals surface area contributed by atoms with Crippen molar-refractivity contribution in [2.75, 3.05) is 11.9 Å². The summed E-state index contributed by atoms with van der Waals surface area (Å²) in [5.74, 6) is 0.785. The molecule has 0 saturated heterocycles. The summed E-state index contributed by atoms with van der Waals surface area (Å²) in [6, 6.07) is 0. The first-order valence-corrected chi connectivity index (χ1v) is 6.68. The van der Waals surface area contributed by atoms with Crippen molar-refractivity contribution >= 4 is 33.3 Å². The van der Waals surface area contributed by atoms with Gasteiger partial charge in [-0.25, -0.2) is 9.97 Å². The molecule has 3 nitrogen and oxygen atoms in total. The molecule has 1 aromatic heterocycles. The van der Waals surface area contributed by atoms with E-state index in [2.05, 4.69) is 38.1 Å². The summed E-state index contributed by atoms with van der Waals surface area (Å²) in [5, 5.41) is 3.81. The summed E-state index contributed by atoms with van der Waals surface area (Å²) in [7, 11) is 0.